The fourth-order valence-corrected chi connectivity index (χ4v) is 4.13. The fourth-order valence-electron chi connectivity index (χ4n) is 3.17. The number of nitrogens with zero attached hydrogens (tertiary/aromatic N) is 1. The Balaban J connectivity index is 5.39. The molecule has 4 atom stereocenters. The number of rotatable bonds is 19. The summed E-state index contributed by atoms with van der Waals surface area (Å²) in [6, 6.07) is -3.76. The molecule has 0 aliphatic heterocycles. The van der Waals surface area contributed by atoms with E-state index in [1.807, 2.05) is 26.4 Å². The van der Waals surface area contributed by atoms with E-state index in [-0.39, 0.29) is 31.3 Å². The van der Waals surface area contributed by atoms with Crippen LogP contribution in [-0.4, -0.2) is 89.5 Å². The largest absolute Gasteiger partial charge is 0.480 e. The highest BCUT2D eigenvalue weighted by molar-refractivity contribution is 7.98. The first-order valence-electron chi connectivity index (χ1n) is 11.9. The molecule has 0 heterocycles. The summed E-state index contributed by atoms with van der Waals surface area (Å²) in [6.45, 7) is 4.06. The normalized spacial score (nSPS) is 14.3. The maximum atomic E-state index is 13.1. The second-order valence-electron chi connectivity index (χ2n) is 8.77. The maximum Gasteiger partial charge on any atom is 0.326 e. The zero-order valence-corrected chi connectivity index (χ0v) is 23.3. The predicted octanol–water partition coefficient (Wildman–Crippen LogP) is -0.541. The van der Waals surface area contributed by atoms with Crippen molar-refractivity contribution in [2.45, 2.75) is 70.1 Å². The van der Waals surface area contributed by atoms with Crippen molar-refractivity contribution in [2.24, 2.45) is 28.1 Å². The number of carboxylic acids is 1. The molecule has 0 rings (SSSR count). The van der Waals surface area contributed by atoms with Gasteiger partial charge in [-0.25, -0.2) is 4.79 Å². The summed E-state index contributed by atoms with van der Waals surface area (Å²) in [5.74, 6) is -1.51. The highest BCUT2D eigenvalue weighted by atomic mass is 32.2. The molecule has 0 saturated carbocycles. The molecule has 0 aliphatic rings. The first-order chi connectivity index (χ1) is 16.9. The molecule has 0 bridgehead atoms. The van der Waals surface area contributed by atoms with Crippen molar-refractivity contribution in [3.8, 4) is 0 Å². The van der Waals surface area contributed by atoms with Gasteiger partial charge in [-0.1, -0.05) is 13.8 Å². The van der Waals surface area contributed by atoms with Crippen LogP contribution in [0.2, 0.25) is 0 Å². The van der Waals surface area contributed by atoms with Crippen molar-refractivity contribution < 1.29 is 24.3 Å². The monoisotopic (exact) mass is 549 g/mol. The summed E-state index contributed by atoms with van der Waals surface area (Å²) in [7, 11) is 0. The Labute approximate surface area is 222 Å². The molecule has 0 aromatic rings. The van der Waals surface area contributed by atoms with Gasteiger partial charge >= 0.3 is 5.97 Å². The summed E-state index contributed by atoms with van der Waals surface area (Å²) in [6.07, 6.45) is 5.34. The van der Waals surface area contributed by atoms with Gasteiger partial charge in [-0.3, -0.25) is 19.4 Å². The molecule has 208 valence electrons. The molecule has 0 saturated heterocycles. The molecule has 0 aromatic carbocycles. The molecule has 4 unspecified atom stereocenters. The van der Waals surface area contributed by atoms with Crippen molar-refractivity contribution in [1.82, 2.24) is 16.0 Å². The zero-order chi connectivity index (χ0) is 27.7. The fraction of sp³-hybridized carbons (Fsp3) is 0.773. The Morgan fingerprint density at radius 2 is 1.36 bits per heavy atom. The molecule has 10 N–H and O–H groups in total. The van der Waals surface area contributed by atoms with Gasteiger partial charge in [0, 0.05) is 6.54 Å². The number of guanidine groups is 1. The lowest BCUT2D eigenvalue weighted by Gasteiger charge is -2.26. The third-order valence-corrected chi connectivity index (χ3v) is 6.40. The lowest BCUT2D eigenvalue weighted by atomic mass is 10.0. The van der Waals surface area contributed by atoms with Gasteiger partial charge in [-0.15, -0.1) is 0 Å². The highest BCUT2D eigenvalue weighted by Gasteiger charge is 2.30. The predicted molar refractivity (Wildman–Crippen MR) is 147 cm³/mol. The Kier molecular flexibility index (Phi) is 17.8. The van der Waals surface area contributed by atoms with Crippen LogP contribution in [0.5, 0.6) is 0 Å². The summed E-state index contributed by atoms with van der Waals surface area (Å²) >= 11 is 3.06. The van der Waals surface area contributed by atoms with E-state index in [1.165, 1.54) is 11.8 Å². The Morgan fingerprint density at radius 3 is 1.89 bits per heavy atom. The van der Waals surface area contributed by atoms with Gasteiger partial charge < -0.3 is 38.3 Å². The van der Waals surface area contributed by atoms with Crippen molar-refractivity contribution in [3.05, 3.63) is 0 Å². The van der Waals surface area contributed by atoms with Crippen LogP contribution in [0.25, 0.3) is 0 Å². The molecule has 0 spiro atoms. The van der Waals surface area contributed by atoms with E-state index in [2.05, 4.69) is 20.9 Å². The topological polar surface area (TPSA) is 215 Å². The van der Waals surface area contributed by atoms with Crippen molar-refractivity contribution in [2.75, 3.05) is 30.6 Å². The van der Waals surface area contributed by atoms with E-state index in [9.17, 15) is 24.3 Å². The number of carbonyl (C=O) groups excluding carboxylic acids is 3. The minimum absolute atomic E-state index is 0.0866. The van der Waals surface area contributed by atoms with Crippen LogP contribution >= 0.6 is 23.5 Å². The van der Waals surface area contributed by atoms with Crippen LogP contribution in [0, 0.1) is 5.92 Å². The number of hydrogen-bond donors (Lipinski definition) is 7. The van der Waals surface area contributed by atoms with E-state index in [4.69, 9.17) is 17.2 Å². The highest BCUT2D eigenvalue weighted by Crippen LogP contribution is 2.09. The minimum atomic E-state index is -1.20. The molecule has 12 nitrogen and oxygen atoms in total. The third-order valence-electron chi connectivity index (χ3n) is 5.11. The molecular weight excluding hydrogens is 506 g/mol. The summed E-state index contributed by atoms with van der Waals surface area (Å²) in [5.41, 5.74) is 16.5. The average molecular weight is 550 g/mol. The number of aliphatic carboxylic acids is 1. The molecule has 0 fully saturated rings. The second kappa shape index (κ2) is 19.0. The number of amides is 3. The minimum Gasteiger partial charge on any atom is -0.480 e. The van der Waals surface area contributed by atoms with E-state index in [0.717, 1.165) is 0 Å². The molecular formula is C22H43N7O5S2. The van der Waals surface area contributed by atoms with Crippen molar-refractivity contribution in [1.29, 1.82) is 0 Å². The number of nitrogens with two attached hydrogens (primary N) is 3. The molecule has 3 amide bonds. The Morgan fingerprint density at radius 1 is 0.833 bits per heavy atom. The van der Waals surface area contributed by atoms with Crippen molar-refractivity contribution >= 4 is 53.2 Å². The lowest BCUT2D eigenvalue weighted by molar-refractivity contribution is -0.142. The van der Waals surface area contributed by atoms with Crippen LogP contribution < -0.4 is 33.2 Å². The van der Waals surface area contributed by atoms with E-state index < -0.39 is 47.9 Å². The molecule has 0 aliphatic carbocycles. The van der Waals surface area contributed by atoms with Crippen LogP contribution in [0.15, 0.2) is 4.99 Å². The molecule has 0 aromatic heterocycles. The van der Waals surface area contributed by atoms with E-state index in [1.54, 1.807) is 11.8 Å². The van der Waals surface area contributed by atoms with Crippen LogP contribution in [-0.2, 0) is 19.2 Å². The average Bonchev–Trinajstić information content (AvgIpc) is 2.80. The molecule has 0 radical (unpaired) electrons. The second-order valence-corrected chi connectivity index (χ2v) is 10.7. The van der Waals surface area contributed by atoms with Gasteiger partial charge in [0.1, 0.15) is 18.1 Å². The van der Waals surface area contributed by atoms with Crippen molar-refractivity contribution in [3.63, 3.8) is 0 Å². The van der Waals surface area contributed by atoms with Gasteiger partial charge in [0.2, 0.25) is 17.7 Å². The third kappa shape index (κ3) is 15.0. The number of hydrogen-bond acceptors (Lipinski definition) is 8. The van der Waals surface area contributed by atoms with Gasteiger partial charge in [-0.2, -0.15) is 23.5 Å². The van der Waals surface area contributed by atoms with Gasteiger partial charge in [0.15, 0.2) is 5.96 Å². The van der Waals surface area contributed by atoms with E-state index in [0.29, 0.717) is 30.8 Å². The van der Waals surface area contributed by atoms with Gasteiger partial charge in [-0.05, 0) is 62.0 Å². The first kappa shape index (κ1) is 33.8. The summed E-state index contributed by atoms with van der Waals surface area (Å²) in [4.78, 5) is 54.1. The first-order valence-corrected chi connectivity index (χ1v) is 14.6. The quantitative estimate of drug-likeness (QED) is 0.0620. The number of carboxylic acid groups (broad SMARTS) is 1. The number of thioether (sulfide) groups is 2. The summed E-state index contributed by atoms with van der Waals surface area (Å²) < 4.78 is 0. The van der Waals surface area contributed by atoms with Gasteiger partial charge in [0.05, 0.1) is 6.04 Å². The van der Waals surface area contributed by atoms with E-state index >= 15 is 0 Å². The standard InChI is InChI=1S/C22H43N7O5S2/c1-13(2)12-17(29-18(30)14(23)7-10-35-3)20(32)27-15(8-11-36-4)19(31)28-16(21(33)34)6-5-9-26-22(24)25/h13-17H,5-12,23H2,1-4H3,(H,27,32)(H,28,31)(H,29,30)(H,33,34)(H4,24,25,26). The molecule has 14 heteroatoms. The van der Waals surface area contributed by atoms with Crippen LogP contribution in [0.4, 0.5) is 0 Å². The Bertz CT molecular complexity index is 736. The lowest BCUT2D eigenvalue weighted by Crippen LogP contribution is -2.57. The number of nitrogens with one attached hydrogen (secondary N) is 3. The number of aliphatic imine (C=N–C) groups is 1. The zero-order valence-electron chi connectivity index (χ0n) is 21.6. The molecule has 36 heavy (non-hydrogen) atoms. The Hall–Kier alpha value is -2.19. The van der Waals surface area contributed by atoms with Gasteiger partial charge in [0.25, 0.3) is 0 Å². The smallest absolute Gasteiger partial charge is 0.326 e. The van der Waals surface area contributed by atoms with Crippen LogP contribution in [0.3, 0.4) is 0 Å². The maximum absolute atomic E-state index is 13.1. The summed E-state index contributed by atoms with van der Waals surface area (Å²) in [5, 5.41) is 17.4. The SMILES string of the molecule is CSCCC(N)C(=O)NC(CC(C)C)C(=O)NC(CCSC)C(=O)NC(CCCN=C(N)N)C(=O)O. The number of carbonyl (C=O) groups is 4. The van der Waals surface area contributed by atoms with Crippen LogP contribution in [0.1, 0.15) is 46.0 Å².